The average molecular weight is 356 g/mol. The molecule has 2 N–H and O–H groups in total. The molecule has 0 unspecified atom stereocenters. The van der Waals surface area contributed by atoms with Gasteiger partial charge in [-0.2, -0.15) is 0 Å². The predicted octanol–water partition coefficient (Wildman–Crippen LogP) is 3.52. The molecule has 1 fully saturated rings. The Hall–Kier alpha value is -2.89. The van der Waals surface area contributed by atoms with Gasteiger partial charge in [0.05, 0.1) is 6.61 Å². The third-order valence-electron chi connectivity index (χ3n) is 3.96. The summed E-state index contributed by atoms with van der Waals surface area (Å²) >= 11 is 0. The first-order valence-corrected chi connectivity index (χ1v) is 8.70. The van der Waals surface area contributed by atoms with Gasteiger partial charge in [0.15, 0.2) is 11.6 Å². The van der Waals surface area contributed by atoms with E-state index in [1.165, 1.54) is 6.07 Å². The van der Waals surface area contributed by atoms with Crippen molar-refractivity contribution < 1.29 is 18.7 Å². The standard InChI is InChI=1S/C20H21FN2O3/c21-17-7-1-2-8-18(17)26-12-4-9-19(24)22-16-6-3-5-14(13-16)20(25)23-15-10-11-15/h1-3,5-8,13,15H,4,9-12H2,(H,22,24)(H,23,25). The maximum Gasteiger partial charge on any atom is 0.251 e. The number of hydrogen-bond acceptors (Lipinski definition) is 3. The quantitative estimate of drug-likeness (QED) is 0.711. The van der Waals surface area contributed by atoms with Crippen molar-refractivity contribution in [3.63, 3.8) is 0 Å². The Morgan fingerprint density at radius 1 is 1.12 bits per heavy atom. The fourth-order valence-electron chi connectivity index (χ4n) is 2.43. The van der Waals surface area contributed by atoms with Crippen molar-refractivity contribution in [2.24, 2.45) is 0 Å². The summed E-state index contributed by atoms with van der Waals surface area (Å²) in [7, 11) is 0. The van der Waals surface area contributed by atoms with Gasteiger partial charge in [0.25, 0.3) is 5.91 Å². The Labute approximate surface area is 151 Å². The number of anilines is 1. The van der Waals surface area contributed by atoms with Crippen LogP contribution in [0.4, 0.5) is 10.1 Å². The summed E-state index contributed by atoms with van der Waals surface area (Å²) in [5.41, 5.74) is 1.10. The fourth-order valence-corrected chi connectivity index (χ4v) is 2.43. The van der Waals surface area contributed by atoms with E-state index in [0.29, 0.717) is 17.7 Å². The minimum Gasteiger partial charge on any atom is -0.491 e. The van der Waals surface area contributed by atoms with Crippen LogP contribution in [-0.2, 0) is 4.79 Å². The van der Waals surface area contributed by atoms with Crippen LogP contribution in [0.5, 0.6) is 5.75 Å². The van der Waals surface area contributed by atoms with Crippen LogP contribution in [0.25, 0.3) is 0 Å². The van der Waals surface area contributed by atoms with Crippen molar-refractivity contribution in [3.05, 3.63) is 59.9 Å². The first-order valence-electron chi connectivity index (χ1n) is 8.70. The van der Waals surface area contributed by atoms with Crippen molar-refractivity contribution in [2.75, 3.05) is 11.9 Å². The van der Waals surface area contributed by atoms with Gasteiger partial charge in [0.1, 0.15) is 0 Å². The van der Waals surface area contributed by atoms with Crippen LogP contribution in [0.1, 0.15) is 36.0 Å². The van der Waals surface area contributed by atoms with E-state index in [0.717, 1.165) is 12.8 Å². The molecule has 0 atom stereocenters. The number of benzene rings is 2. The Morgan fingerprint density at radius 2 is 1.92 bits per heavy atom. The van der Waals surface area contributed by atoms with Crippen molar-refractivity contribution in [3.8, 4) is 5.75 Å². The van der Waals surface area contributed by atoms with Gasteiger partial charge >= 0.3 is 0 Å². The Morgan fingerprint density at radius 3 is 2.69 bits per heavy atom. The molecule has 0 heterocycles. The number of hydrogen-bond donors (Lipinski definition) is 2. The van der Waals surface area contributed by atoms with Crippen LogP contribution < -0.4 is 15.4 Å². The first-order chi connectivity index (χ1) is 12.6. The Bertz CT molecular complexity index is 790. The highest BCUT2D eigenvalue weighted by atomic mass is 19.1. The largest absolute Gasteiger partial charge is 0.491 e. The molecule has 0 spiro atoms. The Kier molecular flexibility index (Phi) is 5.84. The lowest BCUT2D eigenvalue weighted by atomic mass is 10.2. The number of carbonyl (C=O) groups is 2. The van der Waals surface area contributed by atoms with E-state index in [1.54, 1.807) is 42.5 Å². The van der Waals surface area contributed by atoms with Crippen molar-refractivity contribution in [1.29, 1.82) is 0 Å². The SMILES string of the molecule is O=C(CCCOc1ccccc1F)Nc1cccc(C(=O)NC2CC2)c1. The van der Waals surface area contributed by atoms with Gasteiger partial charge in [-0.1, -0.05) is 18.2 Å². The molecule has 2 amide bonds. The second kappa shape index (κ2) is 8.47. The van der Waals surface area contributed by atoms with Crippen LogP contribution in [0.15, 0.2) is 48.5 Å². The molecule has 136 valence electrons. The van der Waals surface area contributed by atoms with E-state index in [1.807, 2.05) is 0 Å². The normalized spacial score (nSPS) is 13.1. The molecule has 0 radical (unpaired) electrons. The fraction of sp³-hybridized carbons (Fsp3) is 0.300. The topological polar surface area (TPSA) is 67.4 Å². The Balaban J connectivity index is 1.43. The summed E-state index contributed by atoms with van der Waals surface area (Å²) in [5.74, 6) is -0.538. The van der Waals surface area contributed by atoms with Crippen molar-refractivity contribution >= 4 is 17.5 Å². The number of amides is 2. The summed E-state index contributed by atoms with van der Waals surface area (Å²) in [6.07, 6.45) is 2.75. The minimum atomic E-state index is -0.418. The molecule has 5 nitrogen and oxygen atoms in total. The molecule has 0 aliphatic heterocycles. The molecule has 1 aliphatic rings. The van der Waals surface area contributed by atoms with Crippen LogP contribution in [0, 0.1) is 5.82 Å². The smallest absolute Gasteiger partial charge is 0.251 e. The molecule has 2 aromatic carbocycles. The van der Waals surface area contributed by atoms with Crippen LogP contribution >= 0.6 is 0 Å². The van der Waals surface area contributed by atoms with E-state index in [9.17, 15) is 14.0 Å². The molecule has 26 heavy (non-hydrogen) atoms. The molecule has 0 bridgehead atoms. The van der Waals surface area contributed by atoms with Crippen LogP contribution in [-0.4, -0.2) is 24.5 Å². The van der Waals surface area contributed by atoms with E-state index < -0.39 is 5.82 Å². The van der Waals surface area contributed by atoms with Crippen LogP contribution in [0.3, 0.4) is 0 Å². The number of nitrogens with one attached hydrogen (secondary N) is 2. The third-order valence-corrected chi connectivity index (χ3v) is 3.96. The highest BCUT2D eigenvalue weighted by molar-refractivity contribution is 5.97. The van der Waals surface area contributed by atoms with E-state index in [-0.39, 0.29) is 36.6 Å². The van der Waals surface area contributed by atoms with E-state index in [2.05, 4.69) is 10.6 Å². The highest BCUT2D eigenvalue weighted by Crippen LogP contribution is 2.20. The van der Waals surface area contributed by atoms with Crippen molar-refractivity contribution in [1.82, 2.24) is 5.32 Å². The van der Waals surface area contributed by atoms with Crippen LogP contribution in [0.2, 0.25) is 0 Å². The van der Waals surface area contributed by atoms with Gasteiger partial charge in [-0.3, -0.25) is 9.59 Å². The maximum atomic E-state index is 13.4. The lowest BCUT2D eigenvalue weighted by Gasteiger charge is -2.09. The zero-order valence-electron chi connectivity index (χ0n) is 14.3. The molecule has 3 rings (SSSR count). The van der Waals surface area contributed by atoms with E-state index in [4.69, 9.17) is 4.74 Å². The molecule has 6 heteroatoms. The number of rotatable bonds is 8. The second-order valence-electron chi connectivity index (χ2n) is 6.26. The summed E-state index contributed by atoms with van der Waals surface area (Å²) in [6, 6.07) is 13.3. The average Bonchev–Trinajstić information content (AvgIpc) is 3.44. The molecule has 1 saturated carbocycles. The summed E-state index contributed by atoms with van der Waals surface area (Å²) < 4.78 is 18.7. The molecular weight excluding hydrogens is 335 g/mol. The lowest BCUT2D eigenvalue weighted by Crippen LogP contribution is -2.25. The maximum absolute atomic E-state index is 13.4. The summed E-state index contributed by atoms with van der Waals surface area (Å²) in [4.78, 5) is 24.1. The number of para-hydroxylation sites is 1. The van der Waals surface area contributed by atoms with Gasteiger partial charge in [0, 0.05) is 23.7 Å². The molecular formula is C20H21FN2O3. The molecule has 2 aromatic rings. The summed E-state index contributed by atoms with van der Waals surface area (Å²) in [5, 5.41) is 5.68. The molecule has 0 aromatic heterocycles. The van der Waals surface area contributed by atoms with Gasteiger partial charge < -0.3 is 15.4 Å². The third kappa shape index (κ3) is 5.31. The van der Waals surface area contributed by atoms with Gasteiger partial charge in [-0.15, -0.1) is 0 Å². The predicted molar refractivity (Wildman–Crippen MR) is 96.7 cm³/mol. The number of carbonyl (C=O) groups excluding carboxylic acids is 2. The van der Waals surface area contributed by atoms with Gasteiger partial charge in [-0.25, -0.2) is 4.39 Å². The van der Waals surface area contributed by atoms with Crippen molar-refractivity contribution in [2.45, 2.75) is 31.7 Å². The second-order valence-corrected chi connectivity index (χ2v) is 6.26. The monoisotopic (exact) mass is 356 g/mol. The number of halogens is 1. The van der Waals surface area contributed by atoms with Gasteiger partial charge in [-0.05, 0) is 49.6 Å². The number of ether oxygens (including phenoxy) is 1. The lowest BCUT2D eigenvalue weighted by molar-refractivity contribution is -0.116. The molecule has 1 aliphatic carbocycles. The van der Waals surface area contributed by atoms with E-state index >= 15 is 0 Å². The zero-order chi connectivity index (χ0) is 18.4. The first kappa shape index (κ1) is 17.9. The molecule has 0 saturated heterocycles. The minimum absolute atomic E-state index is 0.123. The summed E-state index contributed by atoms with van der Waals surface area (Å²) in [6.45, 7) is 0.248. The highest BCUT2D eigenvalue weighted by Gasteiger charge is 2.23. The zero-order valence-corrected chi connectivity index (χ0v) is 14.3. The van der Waals surface area contributed by atoms with Gasteiger partial charge in [0.2, 0.25) is 5.91 Å².